The van der Waals surface area contributed by atoms with Gasteiger partial charge in [-0.05, 0) is 42.2 Å². The normalized spacial score (nSPS) is 15.0. The third-order valence-electron chi connectivity index (χ3n) is 5.30. The van der Waals surface area contributed by atoms with Crippen molar-refractivity contribution in [2.75, 3.05) is 11.4 Å². The zero-order chi connectivity index (χ0) is 20.1. The average molecular weight is 384 g/mol. The van der Waals surface area contributed by atoms with Gasteiger partial charge in [-0.2, -0.15) is 0 Å². The molecule has 0 spiro atoms. The fraction of sp³-hybridized carbons (Fsp3) is 0.200. The number of amides is 2. The van der Waals surface area contributed by atoms with Crippen LogP contribution in [0.15, 0.2) is 84.9 Å². The first-order chi connectivity index (χ1) is 14.2. The molecule has 1 aliphatic rings. The molecule has 0 saturated heterocycles. The van der Waals surface area contributed by atoms with Gasteiger partial charge >= 0.3 is 0 Å². The molecule has 1 atom stereocenters. The van der Waals surface area contributed by atoms with E-state index in [4.69, 9.17) is 0 Å². The predicted octanol–water partition coefficient (Wildman–Crippen LogP) is 4.01. The minimum atomic E-state index is -0.517. The molecule has 3 aromatic rings. The van der Waals surface area contributed by atoms with Gasteiger partial charge < -0.3 is 5.32 Å². The minimum Gasteiger partial charge on any atom is -0.354 e. The Morgan fingerprint density at radius 1 is 0.862 bits per heavy atom. The second-order valence-electron chi connectivity index (χ2n) is 7.27. The summed E-state index contributed by atoms with van der Waals surface area (Å²) in [5, 5.41) is 3.03. The Morgan fingerprint density at radius 3 is 2.28 bits per heavy atom. The highest BCUT2D eigenvalue weighted by Crippen LogP contribution is 2.33. The second-order valence-corrected chi connectivity index (χ2v) is 7.27. The quantitative estimate of drug-likeness (QED) is 0.653. The van der Waals surface area contributed by atoms with Crippen molar-refractivity contribution in [1.29, 1.82) is 0 Å². The number of benzene rings is 3. The van der Waals surface area contributed by atoms with Crippen LogP contribution < -0.4 is 10.2 Å². The van der Waals surface area contributed by atoms with Gasteiger partial charge in [0.2, 0.25) is 5.91 Å². The van der Waals surface area contributed by atoms with Crippen LogP contribution >= 0.6 is 0 Å². The zero-order valence-electron chi connectivity index (χ0n) is 16.3. The fourth-order valence-corrected chi connectivity index (χ4v) is 3.83. The Kier molecular flexibility index (Phi) is 5.71. The number of nitrogens with zero attached hydrogens (tertiary/aromatic N) is 1. The van der Waals surface area contributed by atoms with Crippen molar-refractivity contribution >= 4 is 17.5 Å². The molecule has 1 heterocycles. The van der Waals surface area contributed by atoms with Gasteiger partial charge in [-0.3, -0.25) is 14.5 Å². The fourth-order valence-electron chi connectivity index (χ4n) is 3.83. The maximum absolute atomic E-state index is 13.2. The molecule has 2 amide bonds. The summed E-state index contributed by atoms with van der Waals surface area (Å²) in [6.07, 6.45) is 2.32. The SMILES string of the molecule is O=C(NCCCc1ccccc1)[C@@H]1Cc2ccccc2N1C(=O)c1ccccc1. The third-order valence-corrected chi connectivity index (χ3v) is 5.30. The van der Waals surface area contributed by atoms with E-state index in [0.717, 1.165) is 24.1 Å². The van der Waals surface area contributed by atoms with Gasteiger partial charge in [-0.1, -0.05) is 66.7 Å². The number of carbonyl (C=O) groups excluding carboxylic acids is 2. The summed E-state index contributed by atoms with van der Waals surface area (Å²) in [6, 6.07) is 26.6. The van der Waals surface area contributed by atoms with Crippen LogP contribution in [0.1, 0.15) is 27.9 Å². The number of fused-ring (bicyclic) bond motifs is 1. The first-order valence-corrected chi connectivity index (χ1v) is 10.0. The Hall–Kier alpha value is -3.40. The molecule has 146 valence electrons. The molecule has 3 aromatic carbocycles. The molecule has 0 radical (unpaired) electrons. The number of hydrogen-bond acceptors (Lipinski definition) is 2. The molecule has 0 aliphatic carbocycles. The average Bonchev–Trinajstić information content (AvgIpc) is 3.17. The summed E-state index contributed by atoms with van der Waals surface area (Å²) in [7, 11) is 0. The number of anilines is 1. The van der Waals surface area contributed by atoms with E-state index < -0.39 is 6.04 Å². The van der Waals surface area contributed by atoms with Crippen molar-refractivity contribution in [2.45, 2.75) is 25.3 Å². The predicted molar refractivity (Wildman–Crippen MR) is 115 cm³/mol. The molecule has 1 aliphatic heterocycles. The molecule has 0 bridgehead atoms. The largest absolute Gasteiger partial charge is 0.354 e. The van der Waals surface area contributed by atoms with Gasteiger partial charge in [0, 0.05) is 24.2 Å². The number of rotatable bonds is 6. The molecule has 4 nitrogen and oxygen atoms in total. The maximum Gasteiger partial charge on any atom is 0.259 e. The highest BCUT2D eigenvalue weighted by Gasteiger charge is 2.38. The van der Waals surface area contributed by atoms with E-state index in [-0.39, 0.29) is 11.8 Å². The molecule has 0 fully saturated rings. The van der Waals surface area contributed by atoms with Gasteiger partial charge in [0.05, 0.1) is 0 Å². The first kappa shape index (κ1) is 18.9. The first-order valence-electron chi connectivity index (χ1n) is 10.0. The van der Waals surface area contributed by atoms with E-state index in [2.05, 4.69) is 17.4 Å². The van der Waals surface area contributed by atoms with Crippen LogP contribution in [-0.2, 0) is 17.6 Å². The highest BCUT2D eigenvalue weighted by atomic mass is 16.2. The van der Waals surface area contributed by atoms with Crippen LogP contribution in [0, 0.1) is 0 Å². The molecule has 0 unspecified atom stereocenters. The summed E-state index contributed by atoms with van der Waals surface area (Å²) in [5.41, 5.74) is 3.70. The summed E-state index contributed by atoms with van der Waals surface area (Å²) in [4.78, 5) is 27.8. The number of para-hydroxylation sites is 1. The number of carbonyl (C=O) groups is 2. The molecule has 0 saturated carbocycles. The van der Waals surface area contributed by atoms with Crippen molar-refractivity contribution < 1.29 is 9.59 Å². The number of nitrogens with one attached hydrogen (secondary N) is 1. The van der Waals surface area contributed by atoms with E-state index in [1.54, 1.807) is 17.0 Å². The number of hydrogen-bond donors (Lipinski definition) is 1. The van der Waals surface area contributed by atoms with Gasteiger partial charge in [0.25, 0.3) is 5.91 Å². The maximum atomic E-state index is 13.2. The third kappa shape index (κ3) is 4.21. The van der Waals surface area contributed by atoms with E-state index in [1.807, 2.05) is 60.7 Å². The van der Waals surface area contributed by atoms with Crippen LogP contribution in [0.3, 0.4) is 0 Å². The van der Waals surface area contributed by atoms with E-state index in [0.29, 0.717) is 18.5 Å². The lowest BCUT2D eigenvalue weighted by Gasteiger charge is -2.25. The highest BCUT2D eigenvalue weighted by molar-refractivity contribution is 6.11. The summed E-state index contributed by atoms with van der Waals surface area (Å²) < 4.78 is 0. The topological polar surface area (TPSA) is 49.4 Å². The van der Waals surface area contributed by atoms with Gasteiger partial charge in [0.15, 0.2) is 0 Å². The lowest BCUT2D eigenvalue weighted by atomic mass is 10.1. The Bertz CT molecular complexity index is 986. The molecule has 0 aromatic heterocycles. The smallest absolute Gasteiger partial charge is 0.259 e. The van der Waals surface area contributed by atoms with Crippen LogP contribution in [0.2, 0.25) is 0 Å². The van der Waals surface area contributed by atoms with E-state index in [9.17, 15) is 9.59 Å². The molecule has 4 rings (SSSR count). The second kappa shape index (κ2) is 8.74. The molecule has 4 heteroatoms. The molecular weight excluding hydrogens is 360 g/mol. The van der Waals surface area contributed by atoms with Crippen LogP contribution in [0.4, 0.5) is 5.69 Å². The van der Waals surface area contributed by atoms with E-state index in [1.165, 1.54) is 5.56 Å². The van der Waals surface area contributed by atoms with Gasteiger partial charge in [-0.25, -0.2) is 0 Å². The monoisotopic (exact) mass is 384 g/mol. The zero-order valence-corrected chi connectivity index (χ0v) is 16.3. The van der Waals surface area contributed by atoms with Crippen LogP contribution in [0.25, 0.3) is 0 Å². The minimum absolute atomic E-state index is 0.0986. The Labute approximate surface area is 171 Å². The standard InChI is InChI=1S/C25H24N2O2/c28-24(26-17-9-12-19-10-3-1-4-11-19)23-18-21-15-7-8-16-22(21)27(23)25(29)20-13-5-2-6-14-20/h1-8,10-11,13-16,23H,9,12,17-18H2,(H,26,28)/t23-/m0/s1. The van der Waals surface area contributed by atoms with E-state index >= 15 is 0 Å². The van der Waals surface area contributed by atoms with Crippen molar-refractivity contribution in [2.24, 2.45) is 0 Å². The van der Waals surface area contributed by atoms with Crippen molar-refractivity contribution in [1.82, 2.24) is 5.32 Å². The molecule has 29 heavy (non-hydrogen) atoms. The van der Waals surface area contributed by atoms with Gasteiger partial charge in [0.1, 0.15) is 6.04 Å². The lowest BCUT2D eigenvalue weighted by Crippen LogP contribution is -2.48. The Balaban J connectivity index is 1.45. The van der Waals surface area contributed by atoms with Gasteiger partial charge in [-0.15, -0.1) is 0 Å². The van der Waals surface area contributed by atoms with Crippen molar-refractivity contribution in [3.63, 3.8) is 0 Å². The van der Waals surface area contributed by atoms with Crippen molar-refractivity contribution in [3.05, 3.63) is 102 Å². The summed E-state index contributed by atoms with van der Waals surface area (Å²) in [6.45, 7) is 0.591. The molecule has 1 N–H and O–H groups in total. The molecular formula is C25H24N2O2. The van der Waals surface area contributed by atoms with Crippen LogP contribution in [-0.4, -0.2) is 24.4 Å². The Morgan fingerprint density at radius 2 is 1.52 bits per heavy atom. The lowest BCUT2D eigenvalue weighted by molar-refractivity contribution is -0.122. The summed E-state index contributed by atoms with van der Waals surface area (Å²) in [5.74, 6) is -0.237. The van der Waals surface area contributed by atoms with Crippen LogP contribution in [0.5, 0.6) is 0 Å². The van der Waals surface area contributed by atoms with Crippen molar-refractivity contribution in [3.8, 4) is 0 Å². The summed E-state index contributed by atoms with van der Waals surface area (Å²) >= 11 is 0. The number of aryl methyl sites for hydroxylation is 1.